The molecule has 0 saturated heterocycles. The number of allylic oxidation sites excluding steroid dienone is 2. The van der Waals surface area contributed by atoms with Gasteiger partial charge < -0.3 is 0 Å². The van der Waals surface area contributed by atoms with Crippen LogP contribution in [0.3, 0.4) is 0 Å². The summed E-state index contributed by atoms with van der Waals surface area (Å²) in [5, 5.41) is 8.88. The van der Waals surface area contributed by atoms with Crippen LogP contribution in [0.1, 0.15) is 101 Å². The molecule has 2 aliphatic rings. The highest BCUT2D eigenvalue weighted by atomic mass is 19.1. The van der Waals surface area contributed by atoms with Crippen molar-refractivity contribution in [2.45, 2.75) is 89.9 Å². The Labute approximate surface area is 171 Å². The van der Waals surface area contributed by atoms with E-state index in [9.17, 15) is 4.39 Å². The van der Waals surface area contributed by atoms with Crippen LogP contribution in [-0.2, 0) is 0 Å². The normalized spacial score (nSPS) is 28.3. The average Bonchev–Trinajstić information content (AvgIpc) is 2.73. The van der Waals surface area contributed by atoms with Crippen molar-refractivity contribution in [1.29, 1.82) is 5.26 Å². The highest BCUT2D eigenvalue weighted by Crippen LogP contribution is 2.38. The van der Waals surface area contributed by atoms with E-state index in [1.54, 1.807) is 12.1 Å². The van der Waals surface area contributed by atoms with Crippen LogP contribution in [0.2, 0.25) is 0 Å². The van der Waals surface area contributed by atoms with Gasteiger partial charge in [0.15, 0.2) is 0 Å². The van der Waals surface area contributed by atoms with Crippen molar-refractivity contribution in [2.24, 2.45) is 17.8 Å². The molecule has 0 spiro atoms. The third-order valence-electron chi connectivity index (χ3n) is 7.17. The number of hydrogen-bond donors (Lipinski definition) is 0. The average molecular weight is 382 g/mol. The molecule has 2 aliphatic carbocycles. The molecule has 1 nitrogen and oxygen atoms in total. The summed E-state index contributed by atoms with van der Waals surface area (Å²) < 4.78 is 13.9. The molecule has 152 valence electrons. The van der Waals surface area contributed by atoms with E-state index in [4.69, 9.17) is 5.26 Å². The van der Waals surface area contributed by atoms with Gasteiger partial charge in [0.05, 0.1) is 5.56 Å². The number of benzene rings is 1. The Hall–Kier alpha value is -1.62. The van der Waals surface area contributed by atoms with Gasteiger partial charge in [-0.1, -0.05) is 38.0 Å². The summed E-state index contributed by atoms with van der Waals surface area (Å²) in [4.78, 5) is 0. The minimum absolute atomic E-state index is 0.156. The van der Waals surface area contributed by atoms with Crippen molar-refractivity contribution >= 4 is 0 Å². The smallest absolute Gasteiger partial charge is 0.141 e. The first-order chi connectivity index (χ1) is 13.7. The van der Waals surface area contributed by atoms with Crippen LogP contribution >= 0.6 is 0 Å². The maximum atomic E-state index is 13.9. The topological polar surface area (TPSA) is 23.8 Å². The standard InChI is InChI=1S/C26H36FN/c1-2-5-20-8-10-21(11-9-20)6-3-4-7-22-12-14-23(15-13-22)24-16-17-25(19-28)26(27)18-24/h3,6,16-18,20-23H,2,4-5,7-15H2,1H3/b6-3+. The lowest BCUT2D eigenvalue weighted by atomic mass is 9.77. The van der Waals surface area contributed by atoms with Crippen molar-refractivity contribution in [3.8, 4) is 6.07 Å². The largest absolute Gasteiger partial charge is 0.206 e. The molecule has 2 saturated carbocycles. The van der Waals surface area contributed by atoms with Crippen LogP contribution in [0.5, 0.6) is 0 Å². The molecule has 2 heteroatoms. The number of nitriles is 1. The molecule has 3 rings (SSSR count). The van der Waals surface area contributed by atoms with E-state index in [0.717, 1.165) is 36.2 Å². The summed E-state index contributed by atoms with van der Waals surface area (Å²) in [6, 6.07) is 7.08. The van der Waals surface area contributed by atoms with E-state index in [1.165, 1.54) is 64.2 Å². The van der Waals surface area contributed by atoms with Crippen LogP contribution < -0.4 is 0 Å². The third-order valence-corrected chi connectivity index (χ3v) is 7.17. The fourth-order valence-electron chi connectivity index (χ4n) is 5.36. The number of nitrogens with zero attached hydrogens (tertiary/aromatic N) is 1. The van der Waals surface area contributed by atoms with Crippen molar-refractivity contribution in [3.63, 3.8) is 0 Å². The van der Waals surface area contributed by atoms with Crippen molar-refractivity contribution < 1.29 is 4.39 Å². The SMILES string of the molecule is CCCC1CCC(/C=C/CCC2CCC(c3ccc(C#N)c(F)c3)CC2)CC1. The van der Waals surface area contributed by atoms with Crippen molar-refractivity contribution in [3.05, 3.63) is 47.3 Å². The van der Waals surface area contributed by atoms with Crippen LogP contribution in [0.15, 0.2) is 30.4 Å². The molecule has 1 aromatic carbocycles. The minimum Gasteiger partial charge on any atom is -0.206 e. The molecule has 0 radical (unpaired) electrons. The molecule has 0 bridgehead atoms. The van der Waals surface area contributed by atoms with Crippen LogP contribution in [-0.4, -0.2) is 0 Å². The molecule has 0 heterocycles. The Kier molecular flexibility index (Phi) is 8.13. The second kappa shape index (κ2) is 10.8. The Morgan fingerprint density at radius 3 is 2.32 bits per heavy atom. The second-order valence-electron chi connectivity index (χ2n) is 9.14. The van der Waals surface area contributed by atoms with Gasteiger partial charge in [0, 0.05) is 0 Å². The van der Waals surface area contributed by atoms with E-state index in [1.807, 2.05) is 12.1 Å². The molecule has 0 amide bonds. The van der Waals surface area contributed by atoms with Crippen molar-refractivity contribution in [1.82, 2.24) is 0 Å². The van der Waals surface area contributed by atoms with Crippen molar-refractivity contribution in [2.75, 3.05) is 0 Å². The monoisotopic (exact) mass is 381 g/mol. The number of rotatable bonds is 7. The maximum Gasteiger partial charge on any atom is 0.141 e. The lowest BCUT2D eigenvalue weighted by Crippen LogP contribution is -2.14. The van der Waals surface area contributed by atoms with E-state index in [0.29, 0.717) is 5.92 Å². The number of hydrogen-bond acceptors (Lipinski definition) is 1. The van der Waals surface area contributed by atoms with E-state index < -0.39 is 0 Å². The van der Waals surface area contributed by atoms with Crippen LogP contribution in [0.25, 0.3) is 0 Å². The van der Waals surface area contributed by atoms with Gasteiger partial charge in [-0.05, 0) is 106 Å². The van der Waals surface area contributed by atoms with Gasteiger partial charge >= 0.3 is 0 Å². The summed E-state index contributed by atoms with van der Waals surface area (Å²) in [5.74, 6) is 2.75. The van der Waals surface area contributed by atoms with Gasteiger partial charge in [0.1, 0.15) is 11.9 Å². The summed E-state index contributed by atoms with van der Waals surface area (Å²) >= 11 is 0. The Balaban J connectivity index is 1.35. The summed E-state index contributed by atoms with van der Waals surface area (Å²) in [6.07, 6.45) is 20.7. The molecule has 0 N–H and O–H groups in total. The summed E-state index contributed by atoms with van der Waals surface area (Å²) in [7, 11) is 0. The molecule has 0 unspecified atom stereocenters. The lowest BCUT2D eigenvalue weighted by Gasteiger charge is -2.29. The van der Waals surface area contributed by atoms with Gasteiger partial charge in [-0.15, -0.1) is 0 Å². The maximum absolute atomic E-state index is 13.9. The van der Waals surface area contributed by atoms with Gasteiger partial charge in [-0.2, -0.15) is 5.26 Å². The Morgan fingerprint density at radius 1 is 1.00 bits per heavy atom. The Bertz CT molecular complexity index is 670. The highest BCUT2D eigenvalue weighted by Gasteiger charge is 2.23. The summed E-state index contributed by atoms with van der Waals surface area (Å²) in [6.45, 7) is 2.31. The molecular weight excluding hydrogens is 345 g/mol. The van der Waals surface area contributed by atoms with Crippen LogP contribution in [0.4, 0.5) is 4.39 Å². The first kappa shape index (κ1) is 21.1. The zero-order chi connectivity index (χ0) is 19.8. The minimum atomic E-state index is -0.365. The van der Waals surface area contributed by atoms with E-state index in [-0.39, 0.29) is 11.4 Å². The predicted molar refractivity (Wildman–Crippen MR) is 115 cm³/mol. The van der Waals surface area contributed by atoms with E-state index in [2.05, 4.69) is 19.1 Å². The first-order valence-corrected chi connectivity index (χ1v) is 11.6. The molecule has 0 atom stereocenters. The van der Waals surface area contributed by atoms with Gasteiger partial charge in [-0.3, -0.25) is 0 Å². The summed E-state index contributed by atoms with van der Waals surface area (Å²) in [5.41, 5.74) is 1.23. The van der Waals surface area contributed by atoms with Gasteiger partial charge in [0.2, 0.25) is 0 Å². The fourth-order valence-corrected chi connectivity index (χ4v) is 5.36. The fraction of sp³-hybridized carbons (Fsp3) is 0.654. The van der Waals surface area contributed by atoms with Crippen LogP contribution in [0, 0.1) is 34.9 Å². The quantitative estimate of drug-likeness (QED) is 0.440. The molecule has 2 fully saturated rings. The third kappa shape index (κ3) is 5.94. The van der Waals surface area contributed by atoms with E-state index >= 15 is 0 Å². The zero-order valence-corrected chi connectivity index (χ0v) is 17.5. The molecular formula is C26H36FN. The molecule has 28 heavy (non-hydrogen) atoms. The molecule has 0 aromatic heterocycles. The second-order valence-corrected chi connectivity index (χ2v) is 9.14. The lowest BCUT2D eigenvalue weighted by molar-refractivity contribution is 0.293. The first-order valence-electron chi connectivity index (χ1n) is 11.6. The predicted octanol–water partition coefficient (Wildman–Crippen LogP) is 7.91. The highest BCUT2D eigenvalue weighted by molar-refractivity contribution is 5.34. The zero-order valence-electron chi connectivity index (χ0n) is 17.5. The van der Waals surface area contributed by atoms with Gasteiger partial charge in [0.25, 0.3) is 0 Å². The molecule has 1 aromatic rings. The number of halogens is 1. The van der Waals surface area contributed by atoms with Gasteiger partial charge in [-0.25, -0.2) is 4.39 Å². The molecule has 0 aliphatic heterocycles. The Morgan fingerprint density at radius 2 is 1.68 bits per heavy atom.